The summed E-state index contributed by atoms with van der Waals surface area (Å²) in [7, 11) is 0. The third kappa shape index (κ3) is 4.02. The van der Waals surface area contributed by atoms with Crippen LogP contribution in [0, 0.1) is 13.8 Å². The summed E-state index contributed by atoms with van der Waals surface area (Å²) >= 11 is 1.46. The van der Waals surface area contributed by atoms with E-state index in [0.717, 1.165) is 23.9 Å². The first kappa shape index (κ1) is 18.5. The maximum absolute atomic E-state index is 12.9. The summed E-state index contributed by atoms with van der Waals surface area (Å²) in [6.45, 7) is 7.37. The number of thiazole rings is 1. The van der Waals surface area contributed by atoms with Crippen molar-refractivity contribution in [2.75, 3.05) is 36.4 Å². The van der Waals surface area contributed by atoms with Crippen LogP contribution in [0.2, 0.25) is 0 Å². The van der Waals surface area contributed by atoms with E-state index < -0.39 is 0 Å². The van der Waals surface area contributed by atoms with E-state index in [1.807, 2.05) is 40.6 Å². The Bertz CT molecular complexity index is 962. The van der Waals surface area contributed by atoms with Crippen molar-refractivity contribution in [1.29, 1.82) is 0 Å². The average molecular weight is 393 g/mol. The summed E-state index contributed by atoms with van der Waals surface area (Å²) in [5.74, 6) is 0.0120. The van der Waals surface area contributed by atoms with E-state index >= 15 is 0 Å². The molecule has 0 unspecified atom stereocenters. The van der Waals surface area contributed by atoms with Gasteiger partial charge in [-0.25, -0.2) is 4.98 Å². The van der Waals surface area contributed by atoms with Crippen LogP contribution in [0.25, 0.3) is 0 Å². The van der Waals surface area contributed by atoms with Gasteiger partial charge in [0.15, 0.2) is 5.13 Å². The van der Waals surface area contributed by atoms with Crippen LogP contribution in [0.5, 0.6) is 0 Å². The van der Waals surface area contributed by atoms with Gasteiger partial charge in [0.1, 0.15) is 5.69 Å². The van der Waals surface area contributed by atoms with Crippen molar-refractivity contribution in [1.82, 2.24) is 9.88 Å². The predicted octanol–water partition coefficient (Wildman–Crippen LogP) is 4.47. The van der Waals surface area contributed by atoms with Crippen LogP contribution < -0.4 is 10.2 Å². The molecule has 1 N–H and O–H groups in total. The zero-order valence-electron chi connectivity index (χ0n) is 16.2. The number of amides is 1. The molecule has 0 aliphatic carbocycles. The molecule has 2 heterocycles. The Morgan fingerprint density at radius 3 is 2.54 bits per heavy atom. The second-order valence-corrected chi connectivity index (χ2v) is 7.96. The molecule has 144 valence electrons. The number of carbonyl (C=O) groups is 1. The Hall–Kier alpha value is -2.86. The first-order valence-corrected chi connectivity index (χ1v) is 10.4. The molecule has 1 fully saturated rings. The molecule has 0 spiro atoms. The zero-order valence-corrected chi connectivity index (χ0v) is 17.0. The normalized spacial score (nSPS) is 14.2. The number of carbonyl (C=O) groups excluding carboxylic acids is 1. The summed E-state index contributed by atoms with van der Waals surface area (Å²) in [6, 6.07) is 16.4. The average Bonchev–Trinajstić information content (AvgIpc) is 3.18. The quantitative estimate of drug-likeness (QED) is 0.712. The molecular formula is C22H24N4OS. The lowest BCUT2D eigenvalue weighted by Crippen LogP contribution is -2.49. The van der Waals surface area contributed by atoms with E-state index in [1.54, 1.807) is 0 Å². The number of piperazine rings is 1. The standard InChI is InChI=1S/C22H24N4OS/c1-16-8-9-17(2)20(14-16)25-10-12-26(13-11-25)21(27)19-15-28-22(24-19)23-18-6-4-3-5-7-18/h3-9,14-15H,10-13H2,1-2H3,(H,23,24). The fourth-order valence-electron chi connectivity index (χ4n) is 3.45. The molecule has 0 saturated carbocycles. The minimum atomic E-state index is 0.0120. The van der Waals surface area contributed by atoms with Crippen molar-refractivity contribution < 1.29 is 4.79 Å². The monoisotopic (exact) mass is 392 g/mol. The van der Waals surface area contributed by atoms with Gasteiger partial charge in [-0.15, -0.1) is 11.3 Å². The first-order valence-electron chi connectivity index (χ1n) is 9.49. The molecule has 0 atom stereocenters. The summed E-state index contributed by atoms with van der Waals surface area (Å²) in [5.41, 5.74) is 5.30. The Morgan fingerprint density at radius 2 is 1.79 bits per heavy atom. The van der Waals surface area contributed by atoms with Crippen LogP contribution in [0.15, 0.2) is 53.9 Å². The van der Waals surface area contributed by atoms with E-state index in [4.69, 9.17) is 0 Å². The van der Waals surface area contributed by atoms with Gasteiger partial charge in [-0.3, -0.25) is 4.79 Å². The Morgan fingerprint density at radius 1 is 1.04 bits per heavy atom. The molecule has 0 radical (unpaired) electrons. The molecule has 1 amide bonds. The van der Waals surface area contributed by atoms with Crippen LogP contribution in [-0.4, -0.2) is 42.0 Å². The lowest BCUT2D eigenvalue weighted by Gasteiger charge is -2.36. The van der Waals surface area contributed by atoms with Gasteiger partial charge in [0.25, 0.3) is 5.91 Å². The number of aromatic nitrogens is 1. The Balaban J connectivity index is 1.38. The molecule has 3 aromatic rings. The maximum Gasteiger partial charge on any atom is 0.273 e. The maximum atomic E-state index is 12.9. The number of nitrogens with zero attached hydrogens (tertiary/aromatic N) is 3. The zero-order chi connectivity index (χ0) is 19.5. The highest BCUT2D eigenvalue weighted by molar-refractivity contribution is 7.14. The second kappa shape index (κ2) is 8.02. The molecule has 1 aliphatic rings. The van der Waals surface area contributed by atoms with Gasteiger partial charge < -0.3 is 15.1 Å². The van der Waals surface area contributed by atoms with Gasteiger partial charge in [0, 0.05) is 42.9 Å². The topological polar surface area (TPSA) is 48.5 Å². The number of nitrogens with one attached hydrogen (secondary N) is 1. The molecule has 2 aromatic carbocycles. The van der Waals surface area contributed by atoms with Crippen molar-refractivity contribution in [2.45, 2.75) is 13.8 Å². The highest BCUT2D eigenvalue weighted by atomic mass is 32.1. The van der Waals surface area contributed by atoms with E-state index in [1.165, 1.54) is 28.2 Å². The lowest BCUT2D eigenvalue weighted by molar-refractivity contribution is 0.0742. The molecule has 5 nitrogen and oxygen atoms in total. The number of rotatable bonds is 4. The van der Waals surface area contributed by atoms with Crippen molar-refractivity contribution in [2.24, 2.45) is 0 Å². The van der Waals surface area contributed by atoms with E-state index in [9.17, 15) is 4.79 Å². The fraction of sp³-hybridized carbons (Fsp3) is 0.273. The van der Waals surface area contributed by atoms with Gasteiger partial charge in [-0.05, 0) is 43.2 Å². The van der Waals surface area contributed by atoms with Crippen molar-refractivity contribution in [3.05, 3.63) is 70.7 Å². The second-order valence-electron chi connectivity index (χ2n) is 7.10. The van der Waals surface area contributed by atoms with Crippen LogP contribution in [0.4, 0.5) is 16.5 Å². The Kier molecular flexibility index (Phi) is 5.30. The van der Waals surface area contributed by atoms with Crippen molar-refractivity contribution in [3.63, 3.8) is 0 Å². The van der Waals surface area contributed by atoms with Crippen LogP contribution in [-0.2, 0) is 0 Å². The highest BCUT2D eigenvalue weighted by Crippen LogP contribution is 2.24. The molecular weight excluding hydrogens is 368 g/mol. The molecule has 4 rings (SSSR count). The lowest BCUT2D eigenvalue weighted by atomic mass is 10.1. The summed E-state index contributed by atoms with van der Waals surface area (Å²) < 4.78 is 0. The SMILES string of the molecule is Cc1ccc(C)c(N2CCN(C(=O)c3csc(Nc4ccccc4)n3)CC2)c1. The van der Waals surface area contributed by atoms with Gasteiger partial charge in [-0.1, -0.05) is 30.3 Å². The van der Waals surface area contributed by atoms with Crippen molar-refractivity contribution in [3.8, 4) is 0 Å². The highest BCUT2D eigenvalue weighted by Gasteiger charge is 2.24. The molecule has 1 aliphatic heterocycles. The number of anilines is 3. The summed E-state index contributed by atoms with van der Waals surface area (Å²) in [6.07, 6.45) is 0. The predicted molar refractivity (Wildman–Crippen MR) is 116 cm³/mol. The van der Waals surface area contributed by atoms with E-state index in [2.05, 4.69) is 47.2 Å². The number of hydrogen-bond donors (Lipinski definition) is 1. The van der Waals surface area contributed by atoms with E-state index in [0.29, 0.717) is 18.8 Å². The largest absolute Gasteiger partial charge is 0.368 e. The van der Waals surface area contributed by atoms with Crippen LogP contribution >= 0.6 is 11.3 Å². The third-order valence-corrected chi connectivity index (χ3v) is 5.78. The first-order chi connectivity index (χ1) is 13.6. The summed E-state index contributed by atoms with van der Waals surface area (Å²) in [4.78, 5) is 21.6. The Labute approximate surface area is 169 Å². The van der Waals surface area contributed by atoms with Gasteiger partial charge >= 0.3 is 0 Å². The number of para-hydroxylation sites is 1. The smallest absolute Gasteiger partial charge is 0.273 e. The van der Waals surface area contributed by atoms with Crippen molar-refractivity contribution >= 4 is 33.8 Å². The summed E-state index contributed by atoms with van der Waals surface area (Å²) in [5, 5.41) is 5.83. The number of hydrogen-bond acceptors (Lipinski definition) is 5. The fourth-order valence-corrected chi connectivity index (χ4v) is 4.15. The molecule has 0 bridgehead atoms. The van der Waals surface area contributed by atoms with Crippen LogP contribution in [0.3, 0.4) is 0 Å². The molecule has 1 saturated heterocycles. The van der Waals surface area contributed by atoms with Gasteiger partial charge in [0.05, 0.1) is 0 Å². The minimum Gasteiger partial charge on any atom is -0.368 e. The van der Waals surface area contributed by atoms with E-state index in [-0.39, 0.29) is 5.91 Å². The van der Waals surface area contributed by atoms with Crippen LogP contribution in [0.1, 0.15) is 21.6 Å². The minimum absolute atomic E-state index is 0.0120. The molecule has 6 heteroatoms. The van der Waals surface area contributed by atoms with Gasteiger partial charge in [0.2, 0.25) is 0 Å². The molecule has 1 aromatic heterocycles. The van der Waals surface area contributed by atoms with Gasteiger partial charge in [-0.2, -0.15) is 0 Å². The number of benzene rings is 2. The number of aryl methyl sites for hydroxylation is 2. The third-order valence-electron chi connectivity index (χ3n) is 5.02. The molecule has 28 heavy (non-hydrogen) atoms.